The largest absolute Gasteiger partial charge is 0.479 e. The molecule has 2 aromatic carbocycles. The zero-order valence-electron chi connectivity index (χ0n) is 17.6. The Kier molecular flexibility index (Phi) is 7.35. The second-order valence-corrected chi connectivity index (χ2v) is 8.52. The lowest BCUT2D eigenvalue weighted by molar-refractivity contribution is -0.144. The summed E-state index contributed by atoms with van der Waals surface area (Å²) in [7, 11) is 0. The molecular formula is C23H24N2O4S2. The summed E-state index contributed by atoms with van der Waals surface area (Å²) in [5.41, 5.74) is 2.42. The van der Waals surface area contributed by atoms with Crippen molar-refractivity contribution in [3.05, 3.63) is 59.0 Å². The van der Waals surface area contributed by atoms with E-state index in [1.54, 1.807) is 30.3 Å². The van der Waals surface area contributed by atoms with Crippen molar-refractivity contribution in [3.63, 3.8) is 0 Å². The number of nitrogens with zero attached hydrogens (tertiary/aromatic N) is 2. The van der Waals surface area contributed by atoms with Crippen LogP contribution in [0.2, 0.25) is 0 Å². The Morgan fingerprint density at radius 2 is 1.84 bits per heavy atom. The number of hydrogen-bond acceptors (Lipinski definition) is 6. The van der Waals surface area contributed by atoms with Gasteiger partial charge in [-0.1, -0.05) is 42.2 Å². The van der Waals surface area contributed by atoms with E-state index in [1.165, 1.54) is 23.6 Å². The van der Waals surface area contributed by atoms with E-state index in [4.69, 9.17) is 22.1 Å². The van der Waals surface area contributed by atoms with E-state index < -0.39 is 12.1 Å². The van der Waals surface area contributed by atoms with Crippen LogP contribution in [0.25, 0.3) is 6.08 Å². The molecule has 1 N–H and O–H groups in total. The van der Waals surface area contributed by atoms with Crippen molar-refractivity contribution < 1.29 is 19.4 Å². The third-order valence-electron chi connectivity index (χ3n) is 4.89. The van der Waals surface area contributed by atoms with Gasteiger partial charge in [0, 0.05) is 24.3 Å². The number of carboxylic acid groups (broad SMARTS) is 1. The normalized spacial score (nSPS) is 16.0. The topological polar surface area (TPSA) is 70.1 Å². The number of benzene rings is 2. The molecule has 162 valence electrons. The first kappa shape index (κ1) is 22.8. The van der Waals surface area contributed by atoms with Gasteiger partial charge in [0.25, 0.3) is 5.91 Å². The molecule has 1 fully saturated rings. The zero-order valence-corrected chi connectivity index (χ0v) is 19.2. The van der Waals surface area contributed by atoms with Crippen LogP contribution in [0.15, 0.2) is 53.4 Å². The summed E-state index contributed by atoms with van der Waals surface area (Å²) in [4.78, 5) is 28.4. The molecule has 0 bridgehead atoms. The summed E-state index contributed by atoms with van der Waals surface area (Å²) >= 11 is 6.68. The average Bonchev–Trinajstić information content (AvgIpc) is 3.03. The van der Waals surface area contributed by atoms with Crippen LogP contribution in [-0.2, 0) is 9.59 Å². The Morgan fingerprint density at radius 1 is 1.19 bits per heavy atom. The quantitative estimate of drug-likeness (QED) is 0.452. The highest BCUT2D eigenvalue weighted by Crippen LogP contribution is 2.37. The molecule has 6 nitrogen and oxygen atoms in total. The number of carbonyl (C=O) groups is 2. The second-order valence-electron chi connectivity index (χ2n) is 6.84. The van der Waals surface area contributed by atoms with Gasteiger partial charge in [0.15, 0.2) is 10.4 Å². The molecule has 0 spiro atoms. The van der Waals surface area contributed by atoms with Crippen LogP contribution in [0.4, 0.5) is 11.4 Å². The fraction of sp³-hybridized carbons (Fsp3) is 0.261. The van der Waals surface area contributed by atoms with Crippen molar-refractivity contribution in [1.29, 1.82) is 0 Å². The number of carboxylic acids is 1. The Hall–Kier alpha value is -2.84. The van der Waals surface area contributed by atoms with Gasteiger partial charge in [0.2, 0.25) is 0 Å². The molecule has 1 atom stereocenters. The van der Waals surface area contributed by atoms with Gasteiger partial charge in [0.1, 0.15) is 5.75 Å². The maximum atomic E-state index is 13.1. The van der Waals surface area contributed by atoms with Crippen molar-refractivity contribution in [2.24, 2.45) is 0 Å². The fourth-order valence-electron chi connectivity index (χ4n) is 3.18. The van der Waals surface area contributed by atoms with Crippen LogP contribution in [0.5, 0.6) is 5.75 Å². The molecule has 1 amide bonds. The summed E-state index contributed by atoms with van der Waals surface area (Å²) in [6, 6.07) is 14.8. The molecule has 31 heavy (non-hydrogen) atoms. The molecule has 2 aromatic rings. The van der Waals surface area contributed by atoms with Gasteiger partial charge < -0.3 is 14.7 Å². The highest BCUT2D eigenvalue weighted by atomic mass is 32.2. The smallest absolute Gasteiger partial charge is 0.344 e. The van der Waals surface area contributed by atoms with E-state index in [2.05, 4.69) is 18.7 Å². The molecule has 8 heteroatoms. The fourth-order valence-corrected chi connectivity index (χ4v) is 4.47. The molecule has 1 saturated heterocycles. The Balaban J connectivity index is 1.86. The van der Waals surface area contributed by atoms with Gasteiger partial charge in [-0.05, 0) is 57.2 Å². The molecule has 1 aliphatic heterocycles. The van der Waals surface area contributed by atoms with Crippen LogP contribution < -0.4 is 14.5 Å². The number of anilines is 2. The number of hydrogen-bond donors (Lipinski definition) is 1. The minimum atomic E-state index is -1.06. The molecule has 0 aliphatic carbocycles. The van der Waals surface area contributed by atoms with E-state index in [0.717, 1.165) is 18.8 Å². The predicted octanol–water partition coefficient (Wildman–Crippen LogP) is 4.79. The Morgan fingerprint density at radius 3 is 2.45 bits per heavy atom. The molecule has 0 saturated carbocycles. The zero-order chi connectivity index (χ0) is 22.5. The van der Waals surface area contributed by atoms with E-state index >= 15 is 0 Å². The number of aliphatic carboxylic acids is 1. The first-order valence-corrected chi connectivity index (χ1v) is 11.2. The molecule has 3 rings (SSSR count). The maximum Gasteiger partial charge on any atom is 0.344 e. The first-order valence-electron chi connectivity index (χ1n) is 9.97. The average molecular weight is 457 g/mol. The summed E-state index contributed by atoms with van der Waals surface area (Å²) < 4.78 is 5.98. The lowest BCUT2D eigenvalue weighted by Gasteiger charge is -2.22. The molecule has 0 aromatic heterocycles. The Bertz CT molecular complexity index is 1020. The number of thiocarbonyl (C=S) groups is 1. The second kappa shape index (κ2) is 9.98. The van der Waals surface area contributed by atoms with Crippen molar-refractivity contribution >= 4 is 57.6 Å². The Labute approximate surface area is 191 Å². The SMILES string of the molecule is CCN(CC)c1ccc(N2C(=O)/C(=C\c3ccccc3OC(C)C(=O)O)SC2=S)cc1. The van der Waals surface area contributed by atoms with Crippen LogP contribution in [0.1, 0.15) is 26.3 Å². The summed E-state index contributed by atoms with van der Waals surface area (Å²) in [5.74, 6) is -0.882. The van der Waals surface area contributed by atoms with Crippen molar-refractivity contribution in [2.45, 2.75) is 26.9 Å². The molecule has 1 unspecified atom stereocenters. The van der Waals surface area contributed by atoms with E-state index in [1.807, 2.05) is 24.3 Å². The van der Waals surface area contributed by atoms with E-state index in [9.17, 15) is 9.59 Å². The first-order chi connectivity index (χ1) is 14.8. The maximum absolute atomic E-state index is 13.1. The highest BCUT2D eigenvalue weighted by molar-refractivity contribution is 8.27. The van der Waals surface area contributed by atoms with E-state index in [0.29, 0.717) is 26.2 Å². The summed E-state index contributed by atoms with van der Waals surface area (Å²) in [5, 5.41) is 9.12. The van der Waals surface area contributed by atoms with Crippen LogP contribution in [-0.4, -0.2) is 40.5 Å². The van der Waals surface area contributed by atoms with Gasteiger partial charge in [-0.2, -0.15) is 0 Å². The molecular weight excluding hydrogens is 432 g/mol. The minimum absolute atomic E-state index is 0.216. The number of carbonyl (C=O) groups excluding carboxylic acids is 1. The van der Waals surface area contributed by atoms with Crippen LogP contribution in [0.3, 0.4) is 0 Å². The van der Waals surface area contributed by atoms with Gasteiger partial charge in [-0.25, -0.2) is 4.79 Å². The predicted molar refractivity (Wildman–Crippen MR) is 130 cm³/mol. The van der Waals surface area contributed by atoms with Gasteiger partial charge in [0.05, 0.1) is 10.6 Å². The van der Waals surface area contributed by atoms with Crippen molar-refractivity contribution in [3.8, 4) is 5.75 Å². The van der Waals surface area contributed by atoms with Gasteiger partial charge in [-0.3, -0.25) is 9.69 Å². The minimum Gasteiger partial charge on any atom is -0.479 e. The van der Waals surface area contributed by atoms with Gasteiger partial charge >= 0.3 is 5.97 Å². The highest BCUT2D eigenvalue weighted by Gasteiger charge is 2.33. The molecule has 1 heterocycles. The molecule has 1 aliphatic rings. The number of ether oxygens (including phenoxy) is 1. The number of thioether (sulfide) groups is 1. The summed E-state index contributed by atoms with van der Waals surface area (Å²) in [6.45, 7) is 7.47. The van der Waals surface area contributed by atoms with Crippen LogP contribution >= 0.6 is 24.0 Å². The van der Waals surface area contributed by atoms with Crippen molar-refractivity contribution in [1.82, 2.24) is 0 Å². The standard InChI is InChI=1S/C23H24N2O4S2/c1-4-24(5-2)17-10-12-18(13-11-17)25-21(26)20(31-23(25)30)14-16-8-6-7-9-19(16)29-15(3)22(27)28/h6-15H,4-5H2,1-3H3,(H,27,28)/b20-14+. The van der Waals surface area contributed by atoms with Crippen molar-refractivity contribution in [2.75, 3.05) is 22.9 Å². The molecule has 0 radical (unpaired) electrons. The number of para-hydroxylation sites is 1. The number of rotatable bonds is 8. The monoisotopic (exact) mass is 456 g/mol. The summed E-state index contributed by atoms with van der Waals surface area (Å²) in [6.07, 6.45) is 0.682. The third kappa shape index (κ3) is 5.08. The third-order valence-corrected chi connectivity index (χ3v) is 6.19. The lowest BCUT2D eigenvalue weighted by atomic mass is 10.1. The van der Waals surface area contributed by atoms with Crippen LogP contribution in [0, 0.1) is 0 Å². The van der Waals surface area contributed by atoms with E-state index in [-0.39, 0.29) is 5.91 Å². The van der Waals surface area contributed by atoms with Gasteiger partial charge in [-0.15, -0.1) is 0 Å². The lowest BCUT2D eigenvalue weighted by Crippen LogP contribution is -2.27. The number of amides is 1.